The van der Waals surface area contributed by atoms with Crippen LogP contribution in [0.2, 0.25) is 0 Å². The topological polar surface area (TPSA) is 124 Å². The van der Waals surface area contributed by atoms with Crippen LogP contribution in [0.1, 0.15) is 77.0 Å². The van der Waals surface area contributed by atoms with E-state index in [0.717, 1.165) is 13.2 Å². The number of alkyl halides is 6. The van der Waals surface area contributed by atoms with E-state index in [-0.39, 0.29) is 26.2 Å². The first-order valence-corrected chi connectivity index (χ1v) is 12.4. The monoisotopic (exact) mass is 600 g/mol. The Morgan fingerprint density at radius 3 is 0.719 bits per heavy atom. The zero-order valence-corrected chi connectivity index (χ0v) is 21.4. The third-order valence-corrected chi connectivity index (χ3v) is 5.03. The molecule has 1 aliphatic heterocycles. The standard InChI is InChI=1S/2C5H10.C4H8O.2CHF3O3S.Zr/c3*1-2-4-5-3-1;2*2-1(3,4)8(5,6)7;/h2*1-5H2;1-4H2;2*(H,5,6,7);/q;;;;;+2/p-2. The Kier molecular flexibility index (Phi) is 21.3. The molecule has 0 unspecified atom stereocenters. The van der Waals surface area contributed by atoms with Gasteiger partial charge in [-0.1, -0.05) is 64.2 Å². The van der Waals surface area contributed by atoms with Crippen LogP contribution in [0.5, 0.6) is 0 Å². The maximum Gasteiger partial charge on any atom is 2.00 e. The van der Waals surface area contributed by atoms with E-state index < -0.39 is 31.3 Å². The zero-order valence-electron chi connectivity index (χ0n) is 17.3. The van der Waals surface area contributed by atoms with Crippen LogP contribution in [0.25, 0.3) is 0 Å². The van der Waals surface area contributed by atoms with Gasteiger partial charge in [0, 0.05) is 13.2 Å². The van der Waals surface area contributed by atoms with Crippen molar-refractivity contribution in [2.75, 3.05) is 13.2 Å². The van der Waals surface area contributed by atoms with Crippen LogP contribution in [0.3, 0.4) is 0 Å². The van der Waals surface area contributed by atoms with Crippen molar-refractivity contribution in [2.45, 2.75) is 88.1 Å². The van der Waals surface area contributed by atoms with Crippen molar-refractivity contribution >= 4 is 20.2 Å². The molecular weight excluding hydrogens is 574 g/mol. The first kappa shape index (κ1) is 36.8. The summed E-state index contributed by atoms with van der Waals surface area (Å²) in [6, 6.07) is 0. The van der Waals surface area contributed by atoms with E-state index in [1.165, 1.54) is 77.0 Å². The number of halogens is 6. The molecule has 2 saturated carbocycles. The Balaban J connectivity index is -0.000000330. The Bertz CT molecular complexity index is 552. The Morgan fingerprint density at radius 1 is 0.500 bits per heavy atom. The summed E-state index contributed by atoms with van der Waals surface area (Å²) in [6.45, 7) is 2.00. The SMILES string of the molecule is C1CCCC1.C1CCCC1.C1CCOC1.O=S(=O)([O-])C(F)(F)F.O=S(=O)([O-])C(F)(F)F.[Zr+2]. The van der Waals surface area contributed by atoms with Crippen LogP contribution in [0, 0.1) is 0 Å². The molecule has 1 heterocycles. The van der Waals surface area contributed by atoms with Crippen LogP contribution in [0.15, 0.2) is 0 Å². The summed E-state index contributed by atoms with van der Waals surface area (Å²) in [4.78, 5) is 0. The molecule has 0 radical (unpaired) electrons. The Hall–Kier alpha value is 0.243. The van der Waals surface area contributed by atoms with Gasteiger partial charge in [-0.25, -0.2) is 16.8 Å². The Morgan fingerprint density at radius 2 is 0.656 bits per heavy atom. The van der Waals surface area contributed by atoms with Gasteiger partial charge in [0.2, 0.25) is 0 Å². The van der Waals surface area contributed by atoms with Gasteiger partial charge in [-0.15, -0.1) is 0 Å². The second-order valence-corrected chi connectivity index (χ2v) is 9.40. The van der Waals surface area contributed by atoms with Gasteiger partial charge >= 0.3 is 37.2 Å². The fraction of sp³-hybridized carbons (Fsp3) is 1.00. The summed E-state index contributed by atoms with van der Waals surface area (Å²) in [5.74, 6) is 0. The van der Waals surface area contributed by atoms with E-state index in [0.29, 0.717) is 0 Å². The summed E-state index contributed by atoms with van der Waals surface area (Å²) in [6.07, 6.45) is 17.6. The molecular formula is C16H28F6O7S2Zr. The van der Waals surface area contributed by atoms with Crippen LogP contribution in [-0.4, -0.2) is 50.2 Å². The molecule has 0 amide bonds. The van der Waals surface area contributed by atoms with Gasteiger partial charge in [0.1, 0.15) is 0 Å². The van der Waals surface area contributed by atoms with Crippen molar-refractivity contribution in [1.82, 2.24) is 0 Å². The van der Waals surface area contributed by atoms with Gasteiger partial charge in [0.25, 0.3) is 0 Å². The molecule has 0 aromatic heterocycles. The zero-order chi connectivity index (χ0) is 24.6. The van der Waals surface area contributed by atoms with Crippen molar-refractivity contribution in [2.24, 2.45) is 0 Å². The fourth-order valence-corrected chi connectivity index (χ4v) is 2.28. The van der Waals surface area contributed by atoms with Crippen LogP contribution in [-0.2, 0) is 51.2 Å². The van der Waals surface area contributed by atoms with Gasteiger partial charge in [0.15, 0.2) is 20.2 Å². The normalized spacial score (nSPS) is 18.2. The van der Waals surface area contributed by atoms with Crippen LogP contribution < -0.4 is 0 Å². The maximum atomic E-state index is 10.7. The van der Waals surface area contributed by atoms with Gasteiger partial charge in [-0.05, 0) is 12.8 Å². The van der Waals surface area contributed by atoms with Gasteiger partial charge in [-0.3, -0.25) is 0 Å². The molecule has 0 aromatic carbocycles. The van der Waals surface area contributed by atoms with Crippen LogP contribution >= 0.6 is 0 Å². The van der Waals surface area contributed by atoms with E-state index in [9.17, 15) is 26.3 Å². The summed E-state index contributed by atoms with van der Waals surface area (Å²) in [5.41, 5.74) is -11.3. The summed E-state index contributed by atoms with van der Waals surface area (Å²) in [7, 11) is -12.2. The minimum Gasteiger partial charge on any atom is -0.741 e. The van der Waals surface area contributed by atoms with E-state index in [1.54, 1.807) is 0 Å². The molecule has 0 spiro atoms. The van der Waals surface area contributed by atoms with Crippen molar-refractivity contribution in [1.29, 1.82) is 0 Å². The van der Waals surface area contributed by atoms with Crippen LogP contribution in [0.4, 0.5) is 26.3 Å². The number of rotatable bonds is 0. The second-order valence-electron chi connectivity index (χ2n) is 6.65. The quantitative estimate of drug-likeness (QED) is 0.222. The first-order valence-electron chi connectivity index (χ1n) is 9.62. The molecule has 0 N–H and O–H groups in total. The summed E-state index contributed by atoms with van der Waals surface area (Å²) < 4.78 is 123. The largest absolute Gasteiger partial charge is 2.00 e. The molecule has 7 nitrogen and oxygen atoms in total. The molecule has 3 aliphatic rings. The molecule has 3 fully saturated rings. The molecule has 1 saturated heterocycles. The van der Waals surface area contributed by atoms with Crippen molar-refractivity contribution < 1.29 is 83.2 Å². The predicted octanol–water partition coefficient (Wildman–Crippen LogP) is 4.80. The Labute approximate surface area is 204 Å². The summed E-state index contributed by atoms with van der Waals surface area (Å²) >= 11 is 0. The maximum absolute atomic E-state index is 10.7. The average molecular weight is 602 g/mol. The molecule has 16 heteroatoms. The fourth-order valence-electron chi connectivity index (χ4n) is 2.28. The molecule has 2 aliphatic carbocycles. The molecule has 3 rings (SSSR count). The van der Waals surface area contributed by atoms with E-state index in [2.05, 4.69) is 0 Å². The number of hydrogen-bond acceptors (Lipinski definition) is 7. The van der Waals surface area contributed by atoms with Gasteiger partial charge < -0.3 is 13.8 Å². The minimum absolute atomic E-state index is 0. The van der Waals surface area contributed by atoms with Crippen molar-refractivity contribution in [3.8, 4) is 0 Å². The molecule has 32 heavy (non-hydrogen) atoms. The molecule has 0 aromatic rings. The van der Waals surface area contributed by atoms with Crippen molar-refractivity contribution in [3.05, 3.63) is 0 Å². The molecule has 192 valence electrons. The van der Waals surface area contributed by atoms with E-state index in [1.807, 2.05) is 0 Å². The molecule has 0 bridgehead atoms. The van der Waals surface area contributed by atoms with Crippen molar-refractivity contribution in [3.63, 3.8) is 0 Å². The number of hydrogen-bond donors (Lipinski definition) is 0. The predicted molar refractivity (Wildman–Crippen MR) is 97.7 cm³/mol. The van der Waals surface area contributed by atoms with E-state index in [4.69, 9.17) is 30.7 Å². The number of ether oxygens (including phenoxy) is 1. The van der Waals surface area contributed by atoms with Gasteiger partial charge in [-0.2, -0.15) is 26.3 Å². The third kappa shape index (κ3) is 23.4. The average Bonchev–Trinajstić information content (AvgIpc) is 3.40. The van der Waals surface area contributed by atoms with E-state index >= 15 is 0 Å². The minimum atomic E-state index is -6.09. The first-order chi connectivity index (χ1) is 14.0. The smallest absolute Gasteiger partial charge is 0.741 e. The van der Waals surface area contributed by atoms with Gasteiger partial charge in [0.05, 0.1) is 0 Å². The third-order valence-electron chi connectivity index (χ3n) is 3.89. The second kappa shape index (κ2) is 18.6. The summed E-state index contributed by atoms with van der Waals surface area (Å²) in [5, 5.41) is 0. The molecule has 0 atom stereocenters.